The van der Waals surface area contributed by atoms with Crippen LogP contribution in [0.2, 0.25) is 0 Å². The average Bonchev–Trinajstić information content (AvgIpc) is 3.05. The van der Waals surface area contributed by atoms with Gasteiger partial charge in [-0.15, -0.1) is 0 Å². The smallest absolute Gasteiger partial charge is 0.333 e. The number of fused-ring (bicyclic) bond motifs is 1. The summed E-state index contributed by atoms with van der Waals surface area (Å²) in [7, 11) is 0. The molecule has 13 heteroatoms. The third-order valence-corrected chi connectivity index (χ3v) is 3.88. The number of aromatic amines is 1. The Morgan fingerprint density at radius 2 is 2.20 bits per heavy atom. The van der Waals surface area contributed by atoms with Gasteiger partial charge >= 0.3 is 5.69 Å². The zero-order chi connectivity index (χ0) is 18.3. The first-order valence-electron chi connectivity index (χ1n) is 7.25. The van der Waals surface area contributed by atoms with E-state index in [0.29, 0.717) is 0 Å². The summed E-state index contributed by atoms with van der Waals surface area (Å²) >= 11 is 0. The van der Waals surface area contributed by atoms with Crippen LogP contribution in [0.5, 0.6) is 0 Å². The van der Waals surface area contributed by atoms with Gasteiger partial charge < -0.3 is 20.7 Å². The molecule has 1 aliphatic heterocycles. The molecule has 0 bridgehead atoms. The molecule has 7 N–H and O–H groups in total. The number of ether oxygens (including phenoxy) is 1. The fraction of sp³-hybridized carbons (Fsp3) is 0.500. The van der Waals surface area contributed by atoms with Gasteiger partial charge in [0.2, 0.25) is 5.95 Å². The summed E-state index contributed by atoms with van der Waals surface area (Å²) in [5, 5.41) is 28.0. The lowest BCUT2D eigenvalue weighted by Gasteiger charge is -2.15. The molecular weight excluding hydrogens is 340 g/mol. The molecule has 0 saturated carbocycles. The molecule has 1 aliphatic rings. The van der Waals surface area contributed by atoms with Gasteiger partial charge in [0, 0.05) is 6.42 Å². The van der Waals surface area contributed by atoms with Crippen molar-refractivity contribution < 1.29 is 25.0 Å². The molecule has 2 aromatic heterocycles. The van der Waals surface area contributed by atoms with E-state index in [0.717, 1.165) is 9.13 Å². The minimum absolute atomic E-state index is 0.0656. The molecule has 1 fully saturated rings. The van der Waals surface area contributed by atoms with Crippen molar-refractivity contribution in [3.8, 4) is 0 Å². The molecule has 1 saturated heterocycles. The molecule has 3 rings (SSSR count). The summed E-state index contributed by atoms with van der Waals surface area (Å²) in [6.45, 7) is -1.04. The Kier molecular flexibility index (Phi) is 4.30. The van der Waals surface area contributed by atoms with E-state index in [1.165, 1.54) is 5.48 Å². The maximum atomic E-state index is 12.7. The number of nitrogens with two attached hydrogens (primary N) is 1. The Balaban J connectivity index is 2.25. The first kappa shape index (κ1) is 17.1. The lowest BCUT2D eigenvalue weighted by molar-refractivity contribution is -0.129. The first-order chi connectivity index (χ1) is 11.9. The summed E-state index contributed by atoms with van der Waals surface area (Å²) in [5.41, 5.74) is 4.75. The SMILES string of the molecule is Nc1nc2c(c(=O)[nH]1)n(CC(=O)NO)c(=O)n2C1OC(CO)CC1O. The number of hydrogen-bond donors (Lipinski definition) is 6. The number of rotatable bonds is 4. The second-order valence-electron chi connectivity index (χ2n) is 5.53. The van der Waals surface area contributed by atoms with Gasteiger partial charge in [0.15, 0.2) is 17.4 Å². The number of hydrogen-bond acceptors (Lipinski definition) is 9. The highest BCUT2D eigenvalue weighted by Gasteiger charge is 2.38. The molecule has 25 heavy (non-hydrogen) atoms. The van der Waals surface area contributed by atoms with Crippen molar-refractivity contribution in [3.63, 3.8) is 0 Å². The number of nitrogens with one attached hydrogen (secondary N) is 2. The van der Waals surface area contributed by atoms with Crippen LogP contribution >= 0.6 is 0 Å². The topological polar surface area (TPSA) is 198 Å². The van der Waals surface area contributed by atoms with Gasteiger partial charge in [-0.05, 0) is 0 Å². The van der Waals surface area contributed by atoms with Gasteiger partial charge in [-0.1, -0.05) is 0 Å². The van der Waals surface area contributed by atoms with Crippen molar-refractivity contribution >= 4 is 23.0 Å². The molecule has 0 radical (unpaired) electrons. The molecule has 0 aliphatic carbocycles. The van der Waals surface area contributed by atoms with Gasteiger partial charge in [0.05, 0.1) is 12.7 Å². The van der Waals surface area contributed by atoms with Crippen LogP contribution in [0.1, 0.15) is 12.6 Å². The van der Waals surface area contributed by atoms with Gasteiger partial charge in [-0.25, -0.2) is 14.8 Å². The maximum Gasteiger partial charge on any atom is 0.333 e. The van der Waals surface area contributed by atoms with Crippen molar-refractivity contribution in [1.29, 1.82) is 0 Å². The third-order valence-electron chi connectivity index (χ3n) is 3.88. The van der Waals surface area contributed by atoms with E-state index in [2.05, 4.69) is 9.97 Å². The second-order valence-corrected chi connectivity index (χ2v) is 5.53. The number of aromatic nitrogens is 4. The predicted molar refractivity (Wildman–Crippen MR) is 80.6 cm³/mol. The van der Waals surface area contributed by atoms with Crippen LogP contribution in [0.25, 0.3) is 11.2 Å². The molecule has 13 nitrogen and oxygen atoms in total. The highest BCUT2D eigenvalue weighted by molar-refractivity contribution is 5.78. The quantitative estimate of drug-likeness (QED) is 0.239. The number of nitrogen functional groups attached to an aromatic ring is 1. The number of hydroxylamine groups is 1. The Hall–Kier alpha value is -2.74. The Labute approximate surface area is 138 Å². The van der Waals surface area contributed by atoms with E-state index < -0.39 is 42.1 Å². The summed E-state index contributed by atoms with van der Waals surface area (Å²) in [4.78, 5) is 42.4. The fourth-order valence-corrected chi connectivity index (χ4v) is 2.83. The zero-order valence-corrected chi connectivity index (χ0v) is 12.7. The minimum atomic E-state index is -1.22. The molecule has 3 heterocycles. The van der Waals surface area contributed by atoms with Crippen molar-refractivity contribution in [2.24, 2.45) is 0 Å². The van der Waals surface area contributed by atoms with E-state index in [9.17, 15) is 24.6 Å². The van der Waals surface area contributed by atoms with E-state index >= 15 is 0 Å². The van der Waals surface area contributed by atoms with Gasteiger partial charge in [0.1, 0.15) is 12.6 Å². The highest BCUT2D eigenvalue weighted by Crippen LogP contribution is 2.29. The van der Waals surface area contributed by atoms with Gasteiger partial charge in [-0.2, -0.15) is 4.98 Å². The zero-order valence-electron chi connectivity index (χ0n) is 12.7. The number of carbonyl (C=O) groups excluding carboxylic acids is 1. The van der Waals surface area contributed by atoms with Gasteiger partial charge in [-0.3, -0.25) is 24.3 Å². The van der Waals surface area contributed by atoms with E-state index in [1.54, 1.807) is 0 Å². The van der Waals surface area contributed by atoms with E-state index in [-0.39, 0.29) is 30.1 Å². The highest BCUT2D eigenvalue weighted by atomic mass is 16.5. The molecule has 3 atom stereocenters. The summed E-state index contributed by atoms with van der Waals surface area (Å²) < 4.78 is 7.10. The third kappa shape index (κ3) is 2.78. The normalized spacial score (nSPS) is 23.2. The van der Waals surface area contributed by atoms with Crippen LogP contribution in [-0.4, -0.2) is 59.2 Å². The number of amides is 1. The van der Waals surface area contributed by atoms with Crippen LogP contribution in [0.15, 0.2) is 9.59 Å². The number of H-pyrrole nitrogens is 1. The maximum absolute atomic E-state index is 12.7. The number of aliphatic hydroxyl groups excluding tert-OH is 2. The molecule has 0 spiro atoms. The van der Waals surface area contributed by atoms with Crippen LogP contribution < -0.4 is 22.5 Å². The predicted octanol–water partition coefficient (Wildman–Crippen LogP) is -3.39. The van der Waals surface area contributed by atoms with E-state index in [1.807, 2.05) is 0 Å². The molecule has 136 valence electrons. The number of imidazole rings is 1. The van der Waals surface area contributed by atoms with Crippen molar-refractivity contribution in [3.05, 3.63) is 20.8 Å². The molecule has 3 unspecified atom stereocenters. The van der Waals surface area contributed by atoms with Crippen LogP contribution in [0, 0.1) is 0 Å². The number of nitrogens with zero attached hydrogens (tertiary/aromatic N) is 3. The Morgan fingerprint density at radius 3 is 2.80 bits per heavy atom. The lowest BCUT2D eigenvalue weighted by atomic mass is 10.2. The van der Waals surface area contributed by atoms with Gasteiger partial charge in [0.25, 0.3) is 11.5 Å². The van der Waals surface area contributed by atoms with Crippen molar-refractivity contribution in [2.45, 2.75) is 31.4 Å². The average molecular weight is 356 g/mol. The second kappa shape index (κ2) is 6.29. The molecule has 2 aromatic rings. The lowest BCUT2D eigenvalue weighted by Crippen LogP contribution is -2.35. The molecule has 0 aromatic carbocycles. The van der Waals surface area contributed by atoms with Crippen molar-refractivity contribution in [2.75, 3.05) is 12.3 Å². The minimum Gasteiger partial charge on any atom is -0.394 e. The van der Waals surface area contributed by atoms with E-state index in [4.69, 9.17) is 15.7 Å². The van der Waals surface area contributed by atoms with Crippen molar-refractivity contribution in [1.82, 2.24) is 24.6 Å². The number of aliphatic hydroxyl groups is 2. The standard InChI is InChI=1S/C12H16N6O7/c13-11-14-8-7(9(22)15-11)17(2-6(21)16-24)12(23)18(8)10-5(20)1-4(3-19)25-10/h4-5,10,19-20,24H,1-3H2,(H,16,21)(H3,13,14,15,22). The summed E-state index contributed by atoms with van der Waals surface area (Å²) in [5.74, 6) is -1.22. The largest absolute Gasteiger partial charge is 0.394 e. The van der Waals surface area contributed by atoms with Crippen LogP contribution in [0.3, 0.4) is 0 Å². The fourth-order valence-electron chi connectivity index (χ4n) is 2.83. The summed E-state index contributed by atoms with van der Waals surface area (Å²) in [6.07, 6.45) is -3.01. The number of carbonyl (C=O) groups is 1. The molecule has 1 amide bonds. The van der Waals surface area contributed by atoms with Crippen LogP contribution in [-0.2, 0) is 16.1 Å². The number of anilines is 1. The Morgan fingerprint density at radius 1 is 1.48 bits per heavy atom. The van der Waals surface area contributed by atoms with Crippen LogP contribution in [0.4, 0.5) is 5.95 Å². The first-order valence-corrected chi connectivity index (χ1v) is 7.25. The Bertz CT molecular complexity index is 930. The monoisotopic (exact) mass is 356 g/mol. The molecular formula is C12H16N6O7. The summed E-state index contributed by atoms with van der Waals surface area (Å²) in [6, 6.07) is 0.